The van der Waals surface area contributed by atoms with E-state index in [-0.39, 0.29) is 11.9 Å². The van der Waals surface area contributed by atoms with Crippen molar-refractivity contribution in [1.29, 1.82) is 0 Å². The molecule has 2 aromatic rings. The molecule has 1 unspecified atom stereocenters. The zero-order valence-electron chi connectivity index (χ0n) is 15.4. The Labute approximate surface area is 154 Å². The van der Waals surface area contributed by atoms with E-state index in [0.29, 0.717) is 0 Å². The van der Waals surface area contributed by atoms with E-state index in [9.17, 15) is 4.79 Å². The summed E-state index contributed by atoms with van der Waals surface area (Å²) in [5, 5.41) is 3.02. The molecule has 1 fully saturated rings. The summed E-state index contributed by atoms with van der Waals surface area (Å²) in [7, 11) is 1.63. The molecule has 0 radical (unpaired) electrons. The van der Waals surface area contributed by atoms with Crippen LogP contribution in [0.5, 0.6) is 5.75 Å². The summed E-state index contributed by atoms with van der Waals surface area (Å²) in [6.45, 7) is 5.52. The number of amides is 1. The van der Waals surface area contributed by atoms with Crippen LogP contribution in [0.1, 0.15) is 13.3 Å². The fourth-order valence-corrected chi connectivity index (χ4v) is 3.31. The van der Waals surface area contributed by atoms with Crippen LogP contribution in [0.15, 0.2) is 48.7 Å². The van der Waals surface area contributed by atoms with Crippen LogP contribution < -0.4 is 15.0 Å². The van der Waals surface area contributed by atoms with Crippen molar-refractivity contribution in [3.63, 3.8) is 0 Å². The van der Waals surface area contributed by atoms with Crippen molar-refractivity contribution in [2.75, 3.05) is 43.5 Å². The Morgan fingerprint density at radius 2 is 1.88 bits per heavy atom. The quantitative estimate of drug-likeness (QED) is 0.864. The molecule has 0 saturated carbocycles. The van der Waals surface area contributed by atoms with E-state index in [0.717, 1.165) is 49.9 Å². The van der Waals surface area contributed by atoms with Crippen molar-refractivity contribution in [3.8, 4) is 5.75 Å². The molecule has 2 heterocycles. The molecular weight excluding hydrogens is 328 g/mol. The Balaban J connectivity index is 1.57. The van der Waals surface area contributed by atoms with E-state index in [4.69, 9.17) is 4.74 Å². The number of nitrogens with one attached hydrogen (secondary N) is 1. The molecule has 1 aliphatic heterocycles. The normalized spacial score (nSPS) is 16.2. The van der Waals surface area contributed by atoms with Crippen molar-refractivity contribution in [2.24, 2.45) is 0 Å². The van der Waals surface area contributed by atoms with Crippen molar-refractivity contribution < 1.29 is 9.53 Å². The highest BCUT2D eigenvalue weighted by atomic mass is 16.5. The first-order valence-electron chi connectivity index (χ1n) is 9.06. The lowest BCUT2D eigenvalue weighted by Crippen LogP contribution is -2.53. The second-order valence-corrected chi connectivity index (χ2v) is 6.35. The number of rotatable bonds is 6. The van der Waals surface area contributed by atoms with Gasteiger partial charge in [-0.25, -0.2) is 4.98 Å². The standard InChI is InChI=1S/C20H26N4O2/c1-3-18(20(25)22-16-7-9-17(26-2)10-8-16)23-12-14-24(15-13-23)19-6-4-5-11-21-19/h4-11,18H,3,12-15H2,1-2H3,(H,22,25). The van der Waals surface area contributed by atoms with E-state index in [1.54, 1.807) is 7.11 Å². The molecule has 26 heavy (non-hydrogen) atoms. The highest BCUT2D eigenvalue weighted by Crippen LogP contribution is 2.18. The van der Waals surface area contributed by atoms with Gasteiger partial charge in [0.2, 0.25) is 5.91 Å². The average molecular weight is 354 g/mol. The molecule has 1 atom stereocenters. The minimum absolute atomic E-state index is 0.0453. The van der Waals surface area contributed by atoms with Gasteiger partial charge < -0.3 is 15.0 Å². The number of benzene rings is 1. The van der Waals surface area contributed by atoms with Crippen LogP contribution in [-0.2, 0) is 4.79 Å². The number of pyridine rings is 1. The van der Waals surface area contributed by atoms with Crippen LogP contribution in [0, 0.1) is 0 Å². The van der Waals surface area contributed by atoms with Gasteiger partial charge in [0.1, 0.15) is 11.6 Å². The molecule has 1 N–H and O–H groups in total. The molecule has 1 aromatic carbocycles. The Morgan fingerprint density at radius 1 is 1.15 bits per heavy atom. The van der Waals surface area contributed by atoms with Crippen molar-refractivity contribution in [3.05, 3.63) is 48.7 Å². The topological polar surface area (TPSA) is 57.7 Å². The Morgan fingerprint density at radius 3 is 2.46 bits per heavy atom. The lowest BCUT2D eigenvalue weighted by atomic mass is 10.1. The maximum absolute atomic E-state index is 12.7. The van der Waals surface area contributed by atoms with Gasteiger partial charge in [-0.05, 0) is 42.8 Å². The van der Waals surface area contributed by atoms with Gasteiger partial charge in [0.25, 0.3) is 0 Å². The number of aromatic nitrogens is 1. The average Bonchev–Trinajstić information content (AvgIpc) is 2.70. The van der Waals surface area contributed by atoms with Crippen molar-refractivity contribution in [1.82, 2.24) is 9.88 Å². The molecule has 1 amide bonds. The third kappa shape index (κ3) is 4.32. The Kier molecular flexibility index (Phi) is 6.07. The molecule has 1 aromatic heterocycles. The van der Waals surface area contributed by atoms with Crippen molar-refractivity contribution >= 4 is 17.4 Å². The minimum Gasteiger partial charge on any atom is -0.497 e. The highest BCUT2D eigenvalue weighted by Gasteiger charge is 2.28. The Bertz CT molecular complexity index is 698. The minimum atomic E-state index is -0.122. The molecule has 6 nitrogen and oxygen atoms in total. The lowest BCUT2D eigenvalue weighted by molar-refractivity contribution is -0.121. The van der Waals surface area contributed by atoms with E-state index < -0.39 is 0 Å². The summed E-state index contributed by atoms with van der Waals surface area (Å²) in [5.41, 5.74) is 0.793. The summed E-state index contributed by atoms with van der Waals surface area (Å²) >= 11 is 0. The third-order valence-corrected chi connectivity index (χ3v) is 4.78. The number of methoxy groups -OCH3 is 1. The number of hydrogen-bond donors (Lipinski definition) is 1. The van der Waals surface area contributed by atoms with Crippen LogP contribution in [0.3, 0.4) is 0 Å². The second kappa shape index (κ2) is 8.67. The SMILES string of the molecule is CCC(C(=O)Nc1ccc(OC)cc1)N1CCN(c2ccccn2)CC1. The number of carbonyl (C=O) groups excluding carboxylic acids is 1. The van der Waals surface area contributed by atoms with Gasteiger partial charge in [-0.3, -0.25) is 9.69 Å². The van der Waals surface area contributed by atoms with Crippen molar-refractivity contribution in [2.45, 2.75) is 19.4 Å². The zero-order chi connectivity index (χ0) is 18.4. The summed E-state index contributed by atoms with van der Waals surface area (Å²) < 4.78 is 5.15. The molecule has 1 saturated heterocycles. The number of carbonyl (C=O) groups is 1. The number of anilines is 2. The highest BCUT2D eigenvalue weighted by molar-refractivity contribution is 5.94. The van der Waals surface area contributed by atoms with E-state index >= 15 is 0 Å². The molecule has 6 heteroatoms. The lowest BCUT2D eigenvalue weighted by Gasteiger charge is -2.38. The van der Waals surface area contributed by atoms with Crippen LogP contribution in [0.25, 0.3) is 0 Å². The molecule has 3 rings (SSSR count). The van der Waals surface area contributed by atoms with Gasteiger partial charge in [-0.2, -0.15) is 0 Å². The first kappa shape index (κ1) is 18.2. The Hall–Kier alpha value is -2.60. The van der Waals surface area contributed by atoms with Crippen LogP contribution >= 0.6 is 0 Å². The smallest absolute Gasteiger partial charge is 0.241 e. The van der Waals surface area contributed by atoms with Crippen LogP contribution in [0.2, 0.25) is 0 Å². The number of nitrogens with zero attached hydrogens (tertiary/aromatic N) is 3. The summed E-state index contributed by atoms with van der Waals surface area (Å²) in [4.78, 5) is 21.7. The predicted molar refractivity (Wildman–Crippen MR) is 104 cm³/mol. The molecular formula is C20H26N4O2. The second-order valence-electron chi connectivity index (χ2n) is 6.35. The van der Waals surface area contributed by atoms with Gasteiger partial charge in [0, 0.05) is 38.1 Å². The molecule has 138 valence electrons. The van der Waals surface area contributed by atoms with Gasteiger partial charge in [-0.15, -0.1) is 0 Å². The molecule has 0 bridgehead atoms. The largest absolute Gasteiger partial charge is 0.497 e. The maximum Gasteiger partial charge on any atom is 0.241 e. The number of hydrogen-bond acceptors (Lipinski definition) is 5. The number of ether oxygens (including phenoxy) is 1. The molecule has 1 aliphatic rings. The van der Waals surface area contributed by atoms with E-state index in [2.05, 4.69) is 27.0 Å². The van der Waals surface area contributed by atoms with E-state index in [1.807, 2.05) is 48.7 Å². The fourth-order valence-electron chi connectivity index (χ4n) is 3.31. The third-order valence-electron chi connectivity index (χ3n) is 4.78. The van der Waals surface area contributed by atoms with E-state index in [1.165, 1.54) is 0 Å². The summed E-state index contributed by atoms with van der Waals surface area (Å²) in [6, 6.07) is 13.3. The summed E-state index contributed by atoms with van der Waals surface area (Å²) in [5.74, 6) is 1.83. The molecule has 0 aliphatic carbocycles. The zero-order valence-corrected chi connectivity index (χ0v) is 15.4. The van der Waals surface area contributed by atoms with Gasteiger partial charge >= 0.3 is 0 Å². The van der Waals surface area contributed by atoms with Gasteiger partial charge in [0.15, 0.2) is 0 Å². The maximum atomic E-state index is 12.7. The van der Waals surface area contributed by atoms with Gasteiger partial charge in [-0.1, -0.05) is 13.0 Å². The first-order chi connectivity index (χ1) is 12.7. The predicted octanol–water partition coefficient (Wildman–Crippen LogP) is 2.63. The van der Waals surface area contributed by atoms with Crippen LogP contribution in [0.4, 0.5) is 11.5 Å². The summed E-state index contributed by atoms with van der Waals surface area (Å²) in [6.07, 6.45) is 2.60. The van der Waals surface area contributed by atoms with Gasteiger partial charge in [0.05, 0.1) is 13.2 Å². The van der Waals surface area contributed by atoms with Crippen LogP contribution in [-0.4, -0.2) is 55.1 Å². The molecule has 0 spiro atoms. The first-order valence-corrected chi connectivity index (χ1v) is 9.06. The number of piperazine rings is 1. The fraction of sp³-hybridized carbons (Fsp3) is 0.400. The monoisotopic (exact) mass is 354 g/mol.